The monoisotopic (exact) mass is 354 g/mol. The molecule has 0 atom stereocenters. The molecule has 2 aromatic carbocycles. The Kier molecular flexibility index (Phi) is 4.79. The Morgan fingerprint density at radius 3 is 2.12 bits per heavy atom. The van der Waals surface area contributed by atoms with Gasteiger partial charge in [-0.05, 0) is 24.3 Å². The highest BCUT2D eigenvalue weighted by Gasteiger charge is 2.35. The van der Waals surface area contributed by atoms with Gasteiger partial charge in [-0.3, -0.25) is 4.79 Å². The molecule has 0 bridgehead atoms. The predicted molar refractivity (Wildman–Crippen MR) is 96.5 cm³/mol. The number of para-hydroxylation sites is 1. The Balaban J connectivity index is 2.01. The van der Waals surface area contributed by atoms with E-state index in [1.807, 2.05) is 6.07 Å². The fourth-order valence-corrected chi connectivity index (χ4v) is 2.67. The second-order valence-electron chi connectivity index (χ2n) is 5.41. The molecule has 1 saturated heterocycles. The van der Waals surface area contributed by atoms with Gasteiger partial charge in [-0.1, -0.05) is 18.2 Å². The summed E-state index contributed by atoms with van der Waals surface area (Å²) in [5.74, 6) is 1.02. The highest BCUT2D eigenvalue weighted by Crippen LogP contribution is 2.36. The number of nitrogens with zero attached hydrogens (tertiary/aromatic N) is 1. The number of benzene rings is 2. The van der Waals surface area contributed by atoms with Crippen molar-refractivity contribution >= 4 is 23.7 Å². The van der Waals surface area contributed by atoms with Gasteiger partial charge in [-0.25, -0.2) is 9.69 Å². The van der Waals surface area contributed by atoms with Crippen LogP contribution in [-0.2, 0) is 4.79 Å². The molecule has 2 aromatic rings. The summed E-state index contributed by atoms with van der Waals surface area (Å²) in [4.78, 5) is 26.0. The van der Waals surface area contributed by atoms with Crippen LogP contribution in [0.2, 0.25) is 0 Å². The molecule has 1 aliphatic rings. The van der Waals surface area contributed by atoms with Crippen LogP contribution in [0.15, 0.2) is 48.2 Å². The normalized spacial score (nSPS) is 15.2. The third-order valence-corrected chi connectivity index (χ3v) is 3.93. The van der Waals surface area contributed by atoms with Crippen LogP contribution in [0, 0.1) is 0 Å². The molecule has 0 spiro atoms. The van der Waals surface area contributed by atoms with Gasteiger partial charge < -0.3 is 19.5 Å². The molecule has 0 aromatic heterocycles. The second-order valence-corrected chi connectivity index (χ2v) is 5.41. The van der Waals surface area contributed by atoms with Gasteiger partial charge in [0.25, 0.3) is 5.91 Å². The summed E-state index contributed by atoms with van der Waals surface area (Å²) < 4.78 is 15.9. The molecule has 7 nitrogen and oxygen atoms in total. The van der Waals surface area contributed by atoms with Crippen LogP contribution in [0.4, 0.5) is 10.5 Å². The first-order valence-electron chi connectivity index (χ1n) is 7.81. The Hall–Kier alpha value is -3.48. The van der Waals surface area contributed by atoms with E-state index in [2.05, 4.69) is 5.32 Å². The average Bonchev–Trinajstić information content (AvgIpc) is 2.95. The fraction of sp³-hybridized carbons (Fsp3) is 0.158. The van der Waals surface area contributed by atoms with Crippen LogP contribution >= 0.6 is 0 Å². The minimum absolute atomic E-state index is 0.143. The molecule has 0 aliphatic carbocycles. The highest BCUT2D eigenvalue weighted by molar-refractivity contribution is 6.28. The van der Waals surface area contributed by atoms with Crippen LogP contribution in [0.3, 0.4) is 0 Å². The third kappa shape index (κ3) is 3.06. The molecular weight excluding hydrogens is 336 g/mol. The van der Waals surface area contributed by atoms with Gasteiger partial charge in [0.2, 0.25) is 0 Å². The lowest BCUT2D eigenvalue weighted by atomic mass is 10.1. The Labute approximate surface area is 150 Å². The highest BCUT2D eigenvalue weighted by atomic mass is 16.5. The van der Waals surface area contributed by atoms with Gasteiger partial charge in [0, 0.05) is 11.6 Å². The first-order chi connectivity index (χ1) is 12.6. The molecule has 0 saturated carbocycles. The summed E-state index contributed by atoms with van der Waals surface area (Å²) in [5.41, 5.74) is 1.21. The van der Waals surface area contributed by atoms with Crippen molar-refractivity contribution in [1.82, 2.24) is 5.32 Å². The van der Waals surface area contributed by atoms with Crippen LogP contribution < -0.4 is 24.4 Å². The summed E-state index contributed by atoms with van der Waals surface area (Å²) in [6.07, 6.45) is 1.55. The Bertz CT molecular complexity index is 877. The number of hydrogen-bond donors (Lipinski definition) is 1. The lowest BCUT2D eigenvalue weighted by Gasteiger charge is -2.12. The van der Waals surface area contributed by atoms with E-state index in [4.69, 9.17) is 14.2 Å². The molecular formula is C19H18N2O5. The largest absolute Gasteiger partial charge is 0.496 e. The number of hydrogen-bond acceptors (Lipinski definition) is 5. The maximum atomic E-state index is 12.7. The van der Waals surface area contributed by atoms with Gasteiger partial charge >= 0.3 is 6.03 Å². The van der Waals surface area contributed by atoms with Crippen molar-refractivity contribution in [1.29, 1.82) is 0 Å². The Morgan fingerprint density at radius 2 is 1.50 bits per heavy atom. The van der Waals surface area contributed by atoms with E-state index >= 15 is 0 Å². The van der Waals surface area contributed by atoms with Crippen molar-refractivity contribution in [3.8, 4) is 17.2 Å². The van der Waals surface area contributed by atoms with E-state index in [-0.39, 0.29) is 5.70 Å². The van der Waals surface area contributed by atoms with E-state index in [0.29, 0.717) is 28.5 Å². The van der Waals surface area contributed by atoms with E-state index < -0.39 is 11.9 Å². The molecule has 1 N–H and O–H groups in total. The minimum atomic E-state index is -0.508. The molecule has 1 aliphatic heterocycles. The topological polar surface area (TPSA) is 77.1 Å². The minimum Gasteiger partial charge on any atom is -0.496 e. The van der Waals surface area contributed by atoms with Crippen molar-refractivity contribution in [2.45, 2.75) is 0 Å². The van der Waals surface area contributed by atoms with Crippen molar-refractivity contribution in [3.63, 3.8) is 0 Å². The first kappa shape index (κ1) is 17.3. The van der Waals surface area contributed by atoms with Crippen molar-refractivity contribution in [2.24, 2.45) is 0 Å². The number of imide groups is 1. The summed E-state index contributed by atoms with van der Waals surface area (Å²) in [7, 11) is 4.54. The first-order valence-corrected chi connectivity index (χ1v) is 7.81. The van der Waals surface area contributed by atoms with Crippen LogP contribution in [0.25, 0.3) is 6.08 Å². The number of nitrogens with one attached hydrogen (secondary N) is 1. The van der Waals surface area contributed by atoms with E-state index in [1.54, 1.807) is 42.5 Å². The lowest BCUT2D eigenvalue weighted by molar-refractivity contribution is -0.113. The van der Waals surface area contributed by atoms with Crippen molar-refractivity contribution in [3.05, 3.63) is 53.7 Å². The Morgan fingerprint density at radius 1 is 0.885 bits per heavy atom. The maximum absolute atomic E-state index is 12.7. The quantitative estimate of drug-likeness (QED) is 0.660. The maximum Gasteiger partial charge on any atom is 0.333 e. The van der Waals surface area contributed by atoms with Gasteiger partial charge in [-0.15, -0.1) is 0 Å². The number of methoxy groups -OCH3 is 3. The van der Waals surface area contributed by atoms with Crippen LogP contribution in [0.5, 0.6) is 17.2 Å². The zero-order valence-electron chi connectivity index (χ0n) is 14.6. The smallest absolute Gasteiger partial charge is 0.333 e. The van der Waals surface area contributed by atoms with Crippen molar-refractivity contribution < 1.29 is 23.8 Å². The average molecular weight is 354 g/mol. The molecule has 0 unspecified atom stereocenters. The van der Waals surface area contributed by atoms with Gasteiger partial charge in [-0.2, -0.15) is 0 Å². The summed E-state index contributed by atoms with van der Waals surface area (Å²) in [6, 6.07) is 11.5. The molecule has 26 heavy (non-hydrogen) atoms. The number of rotatable bonds is 5. The molecule has 1 fully saturated rings. The number of anilines is 1. The molecule has 134 valence electrons. The zero-order chi connectivity index (χ0) is 18.7. The van der Waals surface area contributed by atoms with Gasteiger partial charge in [0.1, 0.15) is 11.4 Å². The summed E-state index contributed by atoms with van der Waals surface area (Å²) in [6.45, 7) is 0. The number of ether oxygens (including phenoxy) is 3. The van der Waals surface area contributed by atoms with Crippen LogP contribution in [0.1, 0.15) is 5.56 Å². The number of amides is 3. The molecule has 7 heteroatoms. The number of carbonyl (C=O) groups is 2. The van der Waals surface area contributed by atoms with Crippen molar-refractivity contribution in [2.75, 3.05) is 26.2 Å². The molecule has 0 radical (unpaired) electrons. The zero-order valence-corrected chi connectivity index (χ0v) is 14.6. The summed E-state index contributed by atoms with van der Waals surface area (Å²) >= 11 is 0. The second kappa shape index (κ2) is 7.18. The van der Waals surface area contributed by atoms with Crippen LogP contribution in [-0.4, -0.2) is 33.3 Å². The summed E-state index contributed by atoms with van der Waals surface area (Å²) in [5, 5.41) is 2.59. The molecule has 1 heterocycles. The SMILES string of the molecule is COc1cc(OC)c(OC)cc1C=C1NC(=O)N(c2ccccc2)C1=O. The number of urea groups is 1. The molecule has 3 amide bonds. The third-order valence-electron chi connectivity index (χ3n) is 3.93. The molecule has 3 rings (SSSR count). The lowest BCUT2D eigenvalue weighted by Crippen LogP contribution is -2.30. The number of carbonyl (C=O) groups excluding carboxylic acids is 2. The van der Waals surface area contributed by atoms with Gasteiger partial charge in [0.15, 0.2) is 11.5 Å². The predicted octanol–water partition coefficient (Wildman–Crippen LogP) is 2.81. The fourth-order valence-electron chi connectivity index (χ4n) is 2.67. The van der Waals surface area contributed by atoms with E-state index in [0.717, 1.165) is 4.90 Å². The standard InChI is InChI=1S/C19H18N2O5/c1-24-15-11-17(26-3)16(25-2)10-12(15)9-14-18(22)21(19(23)20-14)13-7-5-4-6-8-13/h4-11H,1-3H3,(H,20,23). The van der Waals surface area contributed by atoms with Gasteiger partial charge in [0.05, 0.1) is 27.0 Å². The van der Waals surface area contributed by atoms with E-state index in [1.165, 1.54) is 21.3 Å². The van der Waals surface area contributed by atoms with E-state index in [9.17, 15) is 9.59 Å².